The summed E-state index contributed by atoms with van der Waals surface area (Å²) in [7, 11) is -7.71. The molecule has 6 nitrogen and oxygen atoms in total. The highest BCUT2D eigenvalue weighted by atomic mass is 32.2. The van der Waals surface area contributed by atoms with Gasteiger partial charge in [0.1, 0.15) is 5.44 Å². The SMILES string of the molecule is C=CCCN(/C(=C/C)P(=O)(OCC)OCC)S(=O)(=O)c1ccc(C)cc1. The molecule has 0 aliphatic heterocycles. The van der Waals surface area contributed by atoms with Crippen LogP contribution < -0.4 is 0 Å². The van der Waals surface area contributed by atoms with E-state index in [1.165, 1.54) is 18.2 Å². The molecule has 0 saturated heterocycles. The first-order valence-electron chi connectivity index (χ1n) is 8.53. The van der Waals surface area contributed by atoms with Crippen LogP contribution in [0.2, 0.25) is 0 Å². The van der Waals surface area contributed by atoms with E-state index in [0.717, 1.165) is 9.87 Å². The standard InChI is InChI=1S/C18H28NO5PS/c1-6-10-15-19(18(7-2)25(20,23-8-3)24-9-4)26(21,22)17-13-11-16(5)12-14-17/h6-7,11-14H,1,8-10,15H2,2-5H3/b18-7-. The number of nitrogens with zero attached hydrogens (tertiary/aromatic N) is 1. The molecular formula is C18H28NO5PS. The molecule has 0 bridgehead atoms. The van der Waals surface area contributed by atoms with E-state index in [0.29, 0.717) is 6.42 Å². The molecule has 0 aliphatic carbocycles. The molecule has 0 heterocycles. The fourth-order valence-electron chi connectivity index (χ4n) is 2.35. The van der Waals surface area contributed by atoms with Crippen molar-refractivity contribution in [2.45, 2.75) is 39.0 Å². The van der Waals surface area contributed by atoms with Crippen LogP contribution in [0.5, 0.6) is 0 Å². The molecule has 1 rings (SSSR count). The fourth-order valence-corrected chi connectivity index (χ4v) is 6.11. The maximum atomic E-state index is 13.2. The van der Waals surface area contributed by atoms with Crippen molar-refractivity contribution in [2.24, 2.45) is 0 Å². The minimum absolute atomic E-state index is 0.0172. The summed E-state index contributed by atoms with van der Waals surface area (Å²) in [4.78, 5) is 0.117. The highest BCUT2D eigenvalue weighted by molar-refractivity contribution is 7.89. The average molecular weight is 401 g/mol. The average Bonchev–Trinajstić information content (AvgIpc) is 2.59. The number of benzene rings is 1. The van der Waals surface area contributed by atoms with E-state index in [2.05, 4.69) is 6.58 Å². The van der Waals surface area contributed by atoms with Crippen molar-refractivity contribution in [3.05, 3.63) is 54.0 Å². The number of sulfonamides is 1. The summed E-state index contributed by atoms with van der Waals surface area (Å²) in [6.45, 7) is 10.9. The predicted molar refractivity (Wildman–Crippen MR) is 105 cm³/mol. The molecule has 0 aromatic heterocycles. The molecule has 0 fully saturated rings. The van der Waals surface area contributed by atoms with Crippen molar-refractivity contribution in [1.82, 2.24) is 4.31 Å². The predicted octanol–water partition coefficient (Wildman–Crippen LogP) is 4.69. The zero-order valence-electron chi connectivity index (χ0n) is 15.8. The third-order valence-electron chi connectivity index (χ3n) is 3.54. The van der Waals surface area contributed by atoms with Gasteiger partial charge in [0, 0.05) is 6.54 Å². The summed E-state index contributed by atoms with van der Waals surface area (Å²) < 4.78 is 51.5. The first-order chi connectivity index (χ1) is 12.3. The summed E-state index contributed by atoms with van der Waals surface area (Å²) in [6, 6.07) is 6.51. The summed E-state index contributed by atoms with van der Waals surface area (Å²) >= 11 is 0. The van der Waals surface area contributed by atoms with Gasteiger partial charge in [-0.2, -0.15) is 0 Å². The molecule has 0 spiro atoms. The second kappa shape index (κ2) is 10.1. The molecule has 8 heteroatoms. The molecule has 1 aromatic carbocycles. The number of allylic oxidation sites excluding steroid dienone is 1. The van der Waals surface area contributed by atoms with Gasteiger partial charge in [0.15, 0.2) is 0 Å². The highest BCUT2D eigenvalue weighted by Crippen LogP contribution is 2.58. The summed E-state index contributed by atoms with van der Waals surface area (Å²) in [5, 5.41) is 0. The van der Waals surface area contributed by atoms with Crippen molar-refractivity contribution in [2.75, 3.05) is 19.8 Å². The molecule has 146 valence electrons. The maximum Gasteiger partial charge on any atom is 0.377 e. The zero-order valence-corrected chi connectivity index (χ0v) is 17.6. The van der Waals surface area contributed by atoms with Crippen molar-refractivity contribution in [3.63, 3.8) is 0 Å². The quantitative estimate of drug-likeness (QED) is 0.397. The van der Waals surface area contributed by atoms with Crippen LogP contribution in [0.3, 0.4) is 0 Å². The van der Waals surface area contributed by atoms with E-state index in [1.807, 2.05) is 6.92 Å². The Morgan fingerprint density at radius 3 is 2.15 bits per heavy atom. The summed E-state index contributed by atoms with van der Waals surface area (Å²) in [5.74, 6) is 0. The topological polar surface area (TPSA) is 72.9 Å². The Kier molecular flexibility index (Phi) is 8.77. The minimum atomic E-state index is -3.94. The first-order valence-corrected chi connectivity index (χ1v) is 11.5. The van der Waals surface area contributed by atoms with Gasteiger partial charge in [-0.05, 0) is 46.2 Å². The lowest BCUT2D eigenvalue weighted by Gasteiger charge is -2.30. The van der Waals surface area contributed by atoms with E-state index < -0.39 is 17.6 Å². The second-order valence-electron chi connectivity index (χ2n) is 5.45. The monoisotopic (exact) mass is 401 g/mol. The van der Waals surface area contributed by atoms with Gasteiger partial charge < -0.3 is 9.05 Å². The largest absolute Gasteiger partial charge is 0.377 e. The molecule has 1 aromatic rings. The van der Waals surface area contributed by atoms with Crippen molar-refractivity contribution in [3.8, 4) is 0 Å². The van der Waals surface area contributed by atoms with Gasteiger partial charge in [-0.25, -0.2) is 8.42 Å². The molecule has 0 N–H and O–H groups in total. The van der Waals surface area contributed by atoms with Crippen molar-refractivity contribution < 1.29 is 22.0 Å². The lowest BCUT2D eigenvalue weighted by molar-refractivity contribution is 0.220. The molecule has 0 amide bonds. The van der Waals surface area contributed by atoms with E-state index in [1.54, 1.807) is 39.0 Å². The first kappa shape index (κ1) is 22.6. The van der Waals surface area contributed by atoms with Gasteiger partial charge in [0.2, 0.25) is 0 Å². The number of aryl methyl sites for hydroxylation is 1. The van der Waals surface area contributed by atoms with Crippen molar-refractivity contribution in [1.29, 1.82) is 0 Å². The van der Waals surface area contributed by atoms with Crippen LogP contribution in [0.4, 0.5) is 0 Å². The molecular weight excluding hydrogens is 373 g/mol. The summed E-state index contributed by atoms with van der Waals surface area (Å²) in [6.07, 6.45) is 3.47. The second-order valence-corrected chi connectivity index (χ2v) is 9.28. The van der Waals surface area contributed by atoms with Gasteiger partial charge >= 0.3 is 7.60 Å². The lowest BCUT2D eigenvalue weighted by Crippen LogP contribution is -2.32. The van der Waals surface area contributed by atoms with E-state index in [-0.39, 0.29) is 30.1 Å². The van der Waals surface area contributed by atoms with Gasteiger partial charge in [0.05, 0.1) is 18.1 Å². The van der Waals surface area contributed by atoms with Gasteiger partial charge in [-0.15, -0.1) is 6.58 Å². The third-order valence-corrected chi connectivity index (χ3v) is 7.76. The van der Waals surface area contributed by atoms with Crippen LogP contribution in [0.15, 0.2) is 53.3 Å². The Hall–Kier alpha value is -1.40. The van der Waals surface area contributed by atoms with E-state index in [4.69, 9.17) is 9.05 Å². The Bertz CT molecular complexity index is 761. The molecule has 26 heavy (non-hydrogen) atoms. The Morgan fingerprint density at radius 2 is 1.73 bits per heavy atom. The normalized spacial score (nSPS) is 12.8. The van der Waals surface area contributed by atoms with Crippen LogP contribution in [-0.2, 0) is 23.6 Å². The zero-order chi connectivity index (χ0) is 19.8. The van der Waals surface area contributed by atoms with Crippen LogP contribution in [0.25, 0.3) is 0 Å². The number of rotatable bonds is 11. The van der Waals surface area contributed by atoms with Crippen molar-refractivity contribution >= 4 is 17.6 Å². The Labute approximate surface area is 157 Å². The minimum Gasteiger partial charge on any atom is -0.304 e. The molecule has 0 aliphatic rings. The Morgan fingerprint density at radius 1 is 1.19 bits per heavy atom. The van der Waals surface area contributed by atoms with E-state index in [9.17, 15) is 13.0 Å². The maximum absolute atomic E-state index is 13.2. The number of hydrogen-bond acceptors (Lipinski definition) is 5. The van der Waals surface area contributed by atoms with Crippen LogP contribution in [0, 0.1) is 6.92 Å². The Balaban J connectivity index is 3.48. The van der Waals surface area contributed by atoms with Crippen LogP contribution in [0.1, 0.15) is 32.8 Å². The van der Waals surface area contributed by atoms with Gasteiger partial charge in [-0.1, -0.05) is 29.8 Å². The fraction of sp³-hybridized carbons (Fsp3) is 0.444. The highest BCUT2D eigenvalue weighted by Gasteiger charge is 2.38. The molecule has 0 radical (unpaired) electrons. The van der Waals surface area contributed by atoms with E-state index >= 15 is 0 Å². The lowest BCUT2D eigenvalue weighted by atomic mass is 10.2. The molecule has 0 atom stereocenters. The summed E-state index contributed by atoms with van der Waals surface area (Å²) in [5.41, 5.74) is 0.964. The smallest absolute Gasteiger partial charge is 0.304 e. The van der Waals surface area contributed by atoms with Crippen LogP contribution >= 0.6 is 7.60 Å². The molecule has 0 unspecified atom stereocenters. The van der Waals surface area contributed by atoms with Gasteiger partial charge in [-0.3, -0.25) is 8.87 Å². The number of hydrogen-bond donors (Lipinski definition) is 0. The molecule has 0 saturated carbocycles. The van der Waals surface area contributed by atoms with Crippen LogP contribution in [-0.4, -0.2) is 32.5 Å². The third kappa shape index (κ3) is 5.30. The van der Waals surface area contributed by atoms with Gasteiger partial charge in [0.25, 0.3) is 10.0 Å².